The van der Waals surface area contributed by atoms with E-state index in [0.717, 1.165) is 10.0 Å². The summed E-state index contributed by atoms with van der Waals surface area (Å²) in [6, 6.07) is 8.93. The molecule has 0 radical (unpaired) electrons. The number of halogens is 5. The fourth-order valence-electron chi connectivity index (χ4n) is 1.57. The molecular formula is C13H8BrCl4N. The Hall–Kier alpha value is -0.120. The van der Waals surface area contributed by atoms with E-state index >= 15 is 0 Å². The van der Waals surface area contributed by atoms with Crippen molar-refractivity contribution in [3.8, 4) is 0 Å². The molecular weight excluding hydrogens is 392 g/mol. The maximum absolute atomic E-state index is 6.12. The van der Waals surface area contributed by atoms with Gasteiger partial charge in [-0.05, 0) is 35.9 Å². The van der Waals surface area contributed by atoms with Crippen LogP contribution in [0, 0.1) is 0 Å². The molecule has 0 aliphatic heterocycles. The third-order valence-corrected chi connectivity index (χ3v) is 4.15. The summed E-state index contributed by atoms with van der Waals surface area (Å²) in [7, 11) is 0. The maximum atomic E-state index is 6.12. The van der Waals surface area contributed by atoms with E-state index in [9.17, 15) is 0 Å². The summed E-state index contributed by atoms with van der Waals surface area (Å²) in [5.41, 5.74) is 1.59. The minimum atomic E-state index is 0.476. The van der Waals surface area contributed by atoms with Crippen LogP contribution in [-0.2, 0) is 6.54 Å². The van der Waals surface area contributed by atoms with Gasteiger partial charge < -0.3 is 5.32 Å². The minimum Gasteiger partial charge on any atom is -0.378 e. The van der Waals surface area contributed by atoms with Crippen LogP contribution in [0.3, 0.4) is 0 Å². The number of rotatable bonds is 3. The van der Waals surface area contributed by atoms with Crippen molar-refractivity contribution in [1.29, 1.82) is 0 Å². The van der Waals surface area contributed by atoms with Crippen molar-refractivity contribution in [3.05, 3.63) is 60.5 Å². The molecule has 0 saturated heterocycles. The predicted molar refractivity (Wildman–Crippen MR) is 88.0 cm³/mol. The first-order valence-corrected chi connectivity index (χ1v) is 7.60. The molecule has 0 amide bonds. The molecule has 19 heavy (non-hydrogen) atoms. The Morgan fingerprint density at radius 2 is 1.53 bits per heavy atom. The Labute approximate surface area is 139 Å². The van der Waals surface area contributed by atoms with Crippen molar-refractivity contribution in [2.45, 2.75) is 6.54 Å². The molecule has 0 unspecified atom stereocenters. The first-order chi connectivity index (χ1) is 8.97. The summed E-state index contributed by atoms with van der Waals surface area (Å²) in [4.78, 5) is 0. The summed E-state index contributed by atoms with van der Waals surface area (Å²) in [6.07, 6.45) is 0. The lowest BCUT2D eigenvalue weighted by Crippen LogP contribution is -2.01. The minimum absolute atomic E-state index is 0.476. The molecule has 0 bridgehead atoms. The molecule has 2 rings (SSSR count). The highest BCUT2D eigenvalue weighted by molar-refractivity contribution is 9.10. The topological polar surface area (TPSA) is 12.0 Å². The molecule has 0 aromatic heterocycles. The highest BCUT2D eigenvalue weighted by Crippen LogP contribution is 2.34. The van der Waals surface area contributed by atoms with Gasteiger partial charge in [0, 0.05) is 21.1 Å². The molecule has 0 spiro atoms. The summed E-state index contributed by atoms with van der Waals surface area (Å²) < 4.78 is 0.960. The van der Waals surface area contributed by atoms with Gasteiger partial charge in [-0.1, -0.05) is 62.3 Å². The molecule has 0 aliphatic carbocycles. The van der Waals surface area contributed by atoms with Crippen molar-refractivity contribution in [2.24, 2.45) is 0 Å². The second-order valence-electron chi connectivity index (χ2n) is 3.83. The Balaban J connectivity index is 2.21. The molecule has 2 aromatic carbocycles. The van der Waals surface area contributed by atoms with E-state index in [0.29, 0.717) is 32.3 Å². The summed E-state index contributed by atoms with van der Waals surface area (Å²) in [6.45, 7) is 0.513. The van der Waals surface area contributed by atoms with Gasteiger partial charge in [-0.25, -0.2) is 0 Å². The smallest absolute Gasteiger partial charge is 0.0722 e. The molecule has 0 atom stereocenters. The first kappa shape index (κ1) is 15.3. The average molecular weight is 400 g/mol. The Morgan fingerprint density at radius 3 is 2.16 bits per heavy atom. The van der Waals surface area contributed by atoms with Crippen LogP contribution in [0.4, 0.5) is 5.69 Å². The van der Waals surface area contributed by atoms with Crippen LogP contribution in [-0.4, -0.2) is 0 Å². The van der Waals surface area contributed by atoms with Gasteiger partial charge in [-0.3, -0.25) is 0 Å². The van der Waals surface area contributed by atoms with Crippen molar-refractivity contribution < 1.29 is 0 Å². The quantitative estimate of drug-likeness (QED) is 0.607. The fourth-order valence-corrected chi connectivity index (χ4v) is 3.12. The highest BCUT2D eigenvalue weighted by Gasteiger charge is 2.08. The molecule has 0 aliphatic rings. The fraction of sp³-hybridized carbons (Fsp3) is 0.0769. The van der Waals surface area contributed by atoms with Gasteiger partial charge >= 0.3 is 0 Å². The maximum Gasteiger partial charge on any atom is 0.0722 e. The lowest BCUT2D eigenvalue weighted by molar-refractivity contribution is 1.15. The summed E-state index contributed by atoms with van der Waals surface area (Å²) in [5.74, 6) is 0. The van der Waals surface area contributed by atoms with E-state index in [1.807, 2.05) is 18.2 Å². The second kappa shape index (κ2) is 6.55. The van der Waals surface area contributed by atoms with E-state index in [1.165, 1.54) is 0 Å². The van der Waals surface area contributed by atoms with Gasteiger partial charge in [0.15, 0.2) is 0 Å². The van der Waals surface area contributed by atoms with Gasteiger partial charge in [-0.2, -0.15) is 0 Å². The van der Waals surface area contributed by atoms with Crippen molar-refractivity contribution in [3.63, 3.8) is 0 Å². The zero-order valence-electron chi connectivity index (χ0n) is 9.48. The Kier molecular flexibility index (Phi) is 5.27. The van der Waals surface area contributed by atoms with Gasteiger partial charge in [0.2, 0.25) is 0 Å². The standard InChI is InChI=1S/C13H8BrCl4N/c14-8-1-2-10(16)7(3-8)6-19-13-11(17)4-9(15)5-12(13)18/h1-5,19H,6H2. The summed E-state index contributed by atoms with van der Waals surface area (Å²) in [5, 5.41) is 5.29. The van der Waals surface area contributed by atoms with Crippen LogP contribution in [0.2, 0.25) is 20.1 Å². The van der Waals surface area contributed by atoms with Crippen molar-refractivity contribution >= 4 is 68.0 Å². The summed E-state index contributed by atoms with van der Waals surface area (Å²) >= 11 is 27.6. The van der Waals surface area contributed by atoms with E-state index in [4.69, 9.17) is 46.4 Å². The third kappa shape index (κ3) is 3.93. The molecule has 1 nitrogen and oxygen atoms in total. The van der Waals surface area contributed by atoms with Gasteiger partial charge in [0.25, 0.3) is 0 Å². The largest absolute Gasteiger partial charge is 0.378 e. The van der Waals surface area contributed by atoms with Crippen LogP contribution < -0.4 is 5.32 Å². The van der Waals surface area contributed by atoms with Gasteiger partial charge in [0.1, 0.15) is 0 Å². The molecule has 2 aromatic rings. The third-order valence-electron chi connectivity index (χ3n) is 2.47. The van der Waals surface area contributed by atoms with Crippen LogP contribution >= 0.6 is 62.3 Å². The zero-order chi connectivity index (χ0) is 14.0. The Morgan fingerprint density at radius 1 is 0.895 bits per heavy atom. The van der Waals surface area contributed by atoms with Crippen LogP contribution in [0.5, 0.6) is 0 Å². The molecule has 1 N–H and O–H groups in total. The molecule has 0 fully saturated rings. The molecule has 100 valence electrons. The number of anilines is 1. The van der Waals surface area contributed by atoms with Crippen LogP contribution in [0.1, 0.15) is 5.56 Å². The van der Waals surface area contributed by atoms with Crippen LogP contribution in [0.25, 0.3) is 0 Å². The number of hydrogen-bond acceptors (Lipinski definition) is 1. The monoisotopic (exact) mass is 397 g/mol. The van der Waals surface area contributed by atoms with E-state index in [-0.39, 0.29) is 0 Å². The molecule has 0 heterocycles. The van der Waals surface area contributed by atoms with E-state index < -0.39 is 0 Å². The SMILES string of the molecule is Clc1cc(Cl)c(NCc2cc(Br)ccc2Cl)c(Cl)c1. The Bertz CT molecular complexity index is 593. The normalized spacial score (nSPS) is 10.6. The van der Waals surface area contributed by atoms with Crippen molar-refractivity contribution in [1.82, 2.24) is 0 Å². The average Bonchev–Trinajstić information content (AvgIpc) is 2.32. The lowest BCUT2D eigenvalue weighted by Gasteiger charge is -2.12. The first-order valence-electron chi connectivity index (χ1n) is 5.29. The lowest BCUT2D eigenvalue weighted by atomic mass is 10.2. The zero-order valence-corrected chi connectivity index (χ0v) is 14.1. The molecule has 6 heteroatoms. The van der Waals surface area contributed by atoms with Crippen LogP contribution in [0.15, 0.2) is 34.8 Å². The number of benzene rings is 2. The second-order valence-corrected chi connectivity index (χ2v) is 6.41. The van der Waals surface area contributed by atoms with E-state index in [2.05, 4.69) is 21.2 Å². The van der Waals surface area contributed by atoms with Gasteiger partial charge in [0.05, 0.1) is 15.7 Å². The highest BCUT2D eigenvalue weighted by atomic mass is 79.9. The number of nitrogens with one attached hydrogen (secondary N) is 1. The number of hydrogen-bond donors (Lipinski definition) is 1. The predicted octanol–water partition coefficient (Wildman–Crippen LogP) is 6.67. The van der Waals surface area contributed by atoms with Crippen molar-refractivity contribution in [2.75, 3.05) is 5.32 Å². The van der Waals surface area contributed by atoms with E-state index in [1.54, 1.807) is 12.1 Å². The van der Waals surface area contributed by atoms with Gasteiger partial charge in [-0.15, -0.1) is 0 Å². The molecule has 0 saturated carbocycles.